The van der Waals surface area contributed by atoms with Crippen LogP contribution in [0.4, 0.5) is 5.69 Å². The van der Waals surface area contributed by atoms with E-state index in [0.717, 1.165) is 4.68 Å². The van der Waals surface area contributed by atoms with Gasteiger partial charge in [-0.05, 0) is 0 Å². The number of rotatable bonds is 5. The third-order valence-corrected chi connectivity index (χ3v) is 2.59. The number of nitrogens with zero attached hydrogens (tertiary/aromatic N) is 3. The van der Waals surface area contributed by atoms with Crippen molar-refractivity contribution >= 4 is 23.2 Å². The SMILES string of the molecule is CN(C)C(=O)CNc1cnn(CCO)c(=O)c1Cl. The van der Waals surface area contributed by atoms with Crippen molar-refractivity contribution < 1.29 is 9.90 Å². The summed E-state index contributed by atoms with van der Waals surface area (Å²) in [4.78, 5) is 24.5. The first-order chi connectivity index (χ1) is 8.47. The molecule has 0 spiro atoms. The molecular formula is C10H15ClN4O3. The summed E-state index contributed by atoms with van der Waals surface area (Å²) in [7, 11) is 3.26. The zero-order chi connectivity index (χ0) is 13.7. The highest BCUT2D eigenvalue weighted by Crippen LogP contribution is 2.14. The van der Waals surface area contributed by atoms with Crippen LogP contribution in [0.2, 0.25) is 5.02 Å². The quantitative estimate of drug-likeness (QED) is 0.748. The summed E-state index contributed by atoms with van der Waals surface area (Å²) in [6.07, 6.45) is 1.35. The lowest BCUT2D eigenvalue weighted by Gasteiger charge is -2.12. The van der Waals surface area contributed by atoms with Crippen LogP contribution in [0.5, 0.6) is 0 Å². The van der Waals surface area contributed by atoms with E-state index >= 15 is 0 Å². The molecule has 0 aliphatic rings. The average Bonchev–Trinajstić information content (AvgIpc) is 2.33. The van der Waals surface area contributed by atoms with Crippen molar-refractivity contribution in [3.8, 4) is 0 Å². The van der Waals surface area contributed by atoms with Gasteiger partial charge in [-0.1, -0.05) is 11.6 Å². The number of amides is 1. The number of anilines is 1. The molecule has 0 aliphatic carbocycles. The van der Waals surface area contributed by atoms with Crippen LogP contribution in [0.25, 0.3) is 0 Å². The van der Waals surface area contributed by atoms with E-state index in [-0.39, 0.29) is 30.6 Å². The summed E-state index contributed by atoms with van der Waals surface area (Å²) in [5.41, 5.74) is -0.209. The van der Waals surface area contributed by atoms with Crippen LogP contribution in [0, 0.1) is 0 Å². The third kappa shape index (κ3) is 3.44. The Morgan fingerprint density at radius 3 is 2.83 bits per heavy atom. The number of hydrogen-bond donors (Lipinski definition) is 2. The zero-order valence-electron chi connectivity index (χ0n) is 10.2. The molecule has 1 amide bonds. The molecule has 0 aliphatic heterocycles. The van der Waals surface area contributed by atoms with Gasteiger partial charge >= 0.3 is 0 Å². The highest BCUT2D eigenvalue weighted by molar-refractivity contribution is 6.33. The van der Waals surface area contributed by atoms with Crippen molar-refractivity contribution in [3.63, 3.8) is 0 Å². The van der Waals surface area contributed by atoms with Gasteiger partial charge < -0.3 is 15.3 Å². The molecule has 0 radical (unpaired) electrons. The molecule has 0 saturated carbocycles. The molecule has 0 bridgehead atoms. The van der Waals surface area contributed by atoms with Crippen molar-refractivity contribution in [2.45, 2.75) is 6.54 Å². The van der Waals surface area contributed by atoms with Crippen LogP contribution in [-0.2, 0) is 11.3 Å². The summed E-state index contributed by atoms with van der Waals surface area (Å²) in [6, 6.07) is 0. The van der Waals surface area contributed by atoms with Crippen molar-refractivity contribution in [1.82, 2.24) is 14.7 Å². The fraction of sp³-hybridized carbons (Fsp3) is 0.500. The third-order valence-electron chi connectivity index (χ3n) is 2.23. The summed E-state index contributed by atoms with van der Waals surface area (Å²) >= 11 is 5.85. The van der Waals surface area contributed by atoms with E-state index in [1.807, 2.05) is 0 Å². The van der Waals surface area contributed by atoms with Gasteiger partial charge in [-0.2, -0.15) is 5.10 Å². The maximum atomic E-state index is 11.7. The van der Waals surface area contributed by atoms with Gasteiger partial charge in [0, 0.05) is 14.1 Å². The largest absolute Gasteiger partial charge is 0.394 e. The molecule has 0 atom stereocenters. The van der Waals surface area contributed by atoms with Gasteiger partial charge in [0.1, 0.15) is 5.02 Å². The molecule has 0 saturated heterocycles. The predicted octanol–water partition coefficient (Wildman–Crippen LogP) is -0.611. The van der Waals surface area contributed by atoms with Gasteiger partial charge in [0.05, 0.1) is 31.6 Å². The molecule has 0 unspecified atom stereocenters. The lowest BCUT2D eigenvalue weighted by atomic mass is 10.4. The van der Waals surface area contributed by atoms with E-state index in [4.69, 9.17) is 16.7 Å². The minimum atomic E-state index is -0.506. The van der Waals surface area contributed by atoms with Crippen LogP contribution in [0.1, 0.15) is 0 Å². The van der Waals surface area contributed by atoms with E-state index in [9.17, 15) is 9.59 Å². The van der Waals surface area contributed by atoms with E-state index in [1.54, 1.807) is 14.1 Å². The number of likely N-dealkylation sites (N-methyl/N-ethyl adjacent to an activating group) is 1. The van der Waals surface area contributed by atoms with Crippen LogP contribution < -0.4 is 10.9 Å². The maximum absolute atomic E-state index is 11.7. The van der Waals surface area contributed by atoms with Gasteiger partial charge in [0.25, 0.3) is 5.56 Å². The smallest absolute Gasteiger partial charge is 0.287 e. The number of carbonyl (C=O) groups is 1. The van der Waals surface area contributed by atoms with E-state index in [2.05, 4.69) is 10.4 Å². The number of hydrogen-bond acceptors (Lipinski definition) is 5. The van der Waals surface area contributed by atoms with Crippen molar-refractivity contribution in [1.29, 1.82) is 0 Å². The molecule has 1 aromatic heterocycles. The van der Waals surface area contributed by atoms with E-state index < -0.39 is 5.56 Å². The maximum Gasteiger partial charge on any atom is 0.287 e. The Kier molecular flexibility index (Phi) is 5.11. The predicted molar refractivity (Wildman–Crippen MR) is 67.8 cm³/mol. The monoisotopic (exact) mass is 274 g/mol. The van der Waals surface area contributed by atoms with E-state index in [0.29, 0.717) is 5.69 Å². The molecule has 0 aromatic carbocycles. The van der Waals surface area contributed by atoms with Crippen LogP contribution in [0.15, 0.2) is 11.0 Å². The number of aliphatic hydroxyl groups excluding tert-OH is 1. The van der Waals surface area contributed by atoms with Gasteiger partial charge in [-0.3, -0.25) is 9.59 Å². The highest BCUT2D eigenvalue weighted by atomic mass is 35.5. The van der Waals surface area contributed by atoms with Crippen LogP contribution >= 0.6 is 11.6 Å². The van der Waals surface area contributed by atoms with Crippen molar-refractivity contribution in [2.75, 3.05) is 32.6 Å². The molecule has 100 valence electrons. The molecule has 18 heavy (non-hydrogen) atoms. The molecule has 8 heteroatoms. The minimum Gasteiger partial charge on any atom is -0.394 e. The van der Waals surface area contributed by atoms with Gasteiger partial charge in [0.15, 0.2) is 0 Å². The molecule has 1 heterocycles. The Morgan fingerprint density at radius 1 is 1.61 bits per heavy atom. The molecule has 2 N–H and O–H groups in total. The first kappa shape index (κ1) is 14.5. The molecular weight excluding hydrogens is 260 g/mol. The number of nitrogens with one attached hydrogen (secondary N) is 1. The molecule has 0 fully saturated rings. The van der Waals surface area contributed by atoms with Crippen molar-refractivity contribution in [3.05, 3.63) is 21.6 Å². The number of aliphatic hydroxyl groups is 1. The first-order valence-electron chi connectivity index (χ1n) is 5.28. The normalized spacial score (nSPS) is 10.2. The Hall–Kier alpha value is -1.60. The summed E-state index contributed by atoms with van der Waals surface area (Å²) in [5.74, 6) is -0.148. The fourth-order valence-electron chi connectivity index (χ4n) is 1.17. The Balaban J connectivity index is 2.83. The lowest BCUT2D eigenvalue weighted by Crippen LogP contribution is -2.30. The van der Waals surface area contributed by atoms with Crippen molar-refractivity contribution in [2.24, 2.45) is 0 Å². The first-order valence-corrected chi connectivity index (χ1v) is 5.65. The summed E-state index contributed by atoms with van der Waals surface area (Å²) in [6.45, 7) is -0.0948. The summed E-state index contributed by atoms with van der Waals surface area (Å²) < 4.78 is 1.06. The van der Waals surface area contributed by atoms with Crippen LogP contribution in [0.3, 0.4) is 0 Å². The second kappa shape index (κ2) is 6.36. The molecule has 1 aromatic rings. The molecule has 7 nitrogen and oxygen atoms in total. The van der Waals surface area contributed by atoms with Gasteiger partial charge in [-0.25, -0.2) is 4.68 Å². The van der Waals surface area contributed by atoms with Crippen LogP contribution in [-0.4, -0.2) is 52.9 Å². The Bertz CT molecular complexity index is 487. The lowest BCUT2D eigenvalue weighted by molar-refractivity contribution is -0.126. The topological polar surface area (TPSA) is 87.5 Å². The Labute approximate surface area is 109 Å². The number of carbonyl (C=O) groups excluding carboxylic acids is 1. The highest BCUT2D eigenvalue weighted by Gasteiger charge is 2.10. The Morgan fingerprint density at radius 2 is 2.28 bits per heavy atom. The molecule has 1 rings (SSSR count). The second-order valence-corrected chi connectivity index (χ2v) is 4.14. The number of aromatic nitrogens is 2. The summed E-state index contributed by atoms with van der Waals surface area (Å²) in [5, 5.41) is 15.2. The zero-order valence-corrected chi connectivity index (χ0v) is 10.9. The fourth-order valence-corrected chi connectivity index (χ4v) is 1.38. The standard InChI is InChI=1S/C10H15ClN4O3/c1-14(2)8(17)6-12-7-5-13-15(3-4-16)10(18)9(7)11/h5,12,16H,3-4,6H2,1-2H3. The number of halogens is 1. The van der Waals surface area contributed by atoms with E-state index in [1.165, 1.54) is 11.1 Å². The second-order valence-electron chi connectivity index (χ2n) is 3.77. The van der Waals surface area contributed by atoms with Gasteiger partial charge in [-0.15, -0.1) is 0 Å². The average molecular weight is 275 g/mol. The van der Waals surface area contributed by atoms with Gasteiger partial charge in [0.2, 0.25) is 5.91 Å². The minimum absolute atomic E-state index is 0.0256.